The molecule has 0 heterocycles. The third-order valence-corrected chi connectivity index (χ3v) is 3.80. The lowest BCUT2D eigenvalue weighted by atomic mass is 10.1. The van der Waals surface area contributed by atoms with Gasteiger partial charge in [-0.2, -0.15) is 0 Å². The van der Waals surface area contributed by atoms with Crippen LogP contribution in [0.3, 0.4) is 0 Å². The van der Waals surface area contributed by atoms with Crippen molar-refractivity contribution in [2.24, 2.45) is 0 Å². The standard InChI is InChI=1S/C18H13BrO2/c19-17-7-8-18(16(10-17)11-20)21-12-13-5-6-14-3-1-2-4-15(14)9-13/h1-11H,12H2. The minimum absolute atomic E-state index is 0.438. The second kappa shape index (κ2) is 6.10. The maximum Gasteiger partial charge on any atom is 0.153 e. The molecule has 0 radical (unpaired) electrons. The Morgan fingerprint density at radius 3 is 2.57 bits per heavy atom. The van der Waals surface area contributed by atoms with Crippen LogP contribution in [0.2, 0.25) is 0 Å². The summed E-state index contributed by atoms with van der Waals surface area (Å²) in [5.74, 6) is 0.598. The van der Waals surface area contributed by atoms with Gasteiger partial charge in [-0.1, -0.05) is 52.3 Å². The highest BCUT2D eigenvalue weighted by atomic mass is 79.9. The number of benzene rings is 3. The van der Waals surface area contributed by atoms with Crippen LogP contribution in [0.25, 0.3) is 10.8 Å². The Morgan fingerprint density at radius 2 is 1.76 bits per heavy atom. The van der Waals surface area contributed by atoms with E-state index >= 15 is 0 Å². The minimum atomic E-state index is 0.438. The average molecular weight is 341 g/mol. The Hall–Kier alpha value is -2.13. The van der Waals surface area contributed by atoms with Crippen LogP contribution in [-0.4, -0.2) is 6.29 Å². The molecule has 0 atom stereocenters. The van der Waals surface area contributed by atoms with E-state index in [0.717, 1.165) is 16.3 Å². The van der Waals surface area contributed by atoms with Gasteiger partial charge < -0.3 is 4.74 Å². The Balaban J connectivity index is 1.81. The monoisotopic (exact) mass is 340 g/mol. The van der Waals surface area contributed by atoms with Crippen LogP contribution in [-0.2, 0) is 6.61 Å². The van der Waals surface area contributed by atoms with Gasteiger partial charge in [-0.3, -0.25) is 4.79 Å². The van der Waals surface area contributed by atoms with Gasteiger partial charge in [0.05, 0.1) is 5.56 Å². The Morgan fingerprint density at radius 1 is 0.952 bits per heavy atom. The van der Waals surface area contributed by atoms with Gasteiger partial charge in [0.1, 0.15) is 12.4 Å². The molecule has 0 N–H and O–H groups in total. The number of rotatable bonds is 4. The molecular formula is C18H13BrO2. The molecule has 0 aliphatic heterocycles. The van der Waals surface area contributed by atoms with Crippen molar-refractivity contribution >= 4 is 33.0 Å². The first-order valence-electron chi connectivity index (χ1n) is 6.61. The van der Waals surface area contributed by atoms with Gasteiger partial charge in [-0.15, -0.1) is 0 Å². The zero-order valence-electron chi connectivity index (χ0n) is 11.3. The van der Waals surface area contributed by atoms with Crippen LogP contribution < -0.4 is 4.74 Å². The molecule has 3 rings (SSSR count). The summed E-state index contributed by atoms with van der Waals surface area (Å²) >= 11 is 3.35. The molecule has 0 aromatic heterocycles. The second-order valence-corrected chi connectivity index (χ2v) is 5.69. The number of aldehydes is 1. The molecule has 0 spiro atoms. The third-order valence-electron chi connectivity index (χ3n) is 3.31. The number of ether oxygens (including phenoxy) is 1. The normalized spacial score (nSPS) is 10.5. The molecule has 3 aromatic carbocycles. The molecule has 0 amide bonds. The summed E-state index contributed by atoms with van der Waals surface area (Å²) in [4.78, 5) is 11.1. The molecule has 0 unspecified atom stereocenters. The van der Waals surface area contributed by atoms with E-state index in [1.54, 1.807) is 12.1 Å². The fourth-order valence-electron chi connectivity index (χ4n) is 2.23. The Labute approximate surface area is 131 Å². The van der Waals surface area contributed by atoms with Crippen molar-refractivity contribution in [1.29, 1.82) is 0 Å². The van der Waals surface area contributed by atoms with Gasteiger partial charge in [0.15, 0.2) is 6.29 Å². The number of fused-ring (bicyclic) bond motifs is 1. The van der Waals surface area contributed by atoms with Crippen molar-refractivity contribution in [1.82, 2.24) is 0 Å². The van der Waals surface area contributed by atoms with E-state index in [-0.39, 0.29) is 0 Å². The van der Waals surface area contributed by atoms with Crippen molar-refractivity contribution < 1.29 is 9.53 Å². The highest BCUT2D eigenvalue weighted by Gasteiger charge is 2.04. The van der Waals surface area contributed by atoms with Crippen LogP contribution in [0.1, 0.15) is 15.9 Å². The van der Waals surface area contributed by atoms with Gasteiger partial charge in [0.2, 0.25) is 0 Å². The Bertz CT molecular complexity index is 796. The molecule has 104 valence electrons. The number of carbonyl (C=O) groups excluding carboxylic acids is 1. The first-order valence-corrected chi connectivity index (χ1v) is 7.41. The van der Waals surface area contributed by atoms with Gasteiger partial charge in [0, 0.05) is 4.47 Å². The molecule has 0 fully saturated rings. The second-order valence-electron chi connectivity index (χ2n) is 4.77. The maximum absolute atomic E-state index is 11.1. The molecule has 0 aliphatic rings. The van der Waals surface area contributed by atoms with Gasteiger partial charge >= 0.3 is 0 Å². The van der Waals surface area contributed by atoms with Crippen LogP contribution >= 0.6 is 15.9 Å². The largest absolute Gasteiger partial charge is 0.488 e. The number of hydrogen-bond donors (Lipinski definition) is 0. The lowest BCUT2D eigenvalue weighted by molar-refractivity contribution is 0.111. The predicted molar refractivity (Wildman–Crippen MR) is 87.8 cm³/mol. The highest BCUT2D eigenvalue weighted by Crippen LogP contribution is 2.23. The summed E-state index contributed by atoms with van der Waals surface area (Å²) in [7, 11) is 0. The zero-order chi connectivity index (χ0) is 14.7. The van der Waals surface area contributed by atoms with Gasteiger partial charge in [-0.25, -0.2) is 0 Å². The lowest BCUT2D eigenvalue weighted by Gasteiger charge is -2.09. The van der Waals surface area contributed by atoms with Crippen molar-refractivity contribution in [3.8, 4) is 5.75 Å². The molecule has 3 heteroatoms. The SMILES string of the molecule is O=Cc1cc(Br)ccc1OCc1ccc2ccccc2c1. The summed E-state index contributed by atoms with van der Waals surface area (Å²) in [5, 5.41) is 2.39. The van der Waals surface area contributed by atoms with E-state index in [9.17, 15) is 4.79 Å². The van der Waals surface area contributed by atoms with Crippen molar-refractivity contribution in [3.05, 3.63) is 76.3 Å². The van der Waals surface area contributed by atoms with Crippen molar-refractivity contribution in [2.45, 2.75) is 6.61 Å². The molecule has 0 aliphatic carbocycles. The van der Waals surface area contributed by atoms with Crippen LogP contribution in [0.5, 0.6) is 5.75 Å². The van der Waals surface area contributed by atoms with E-state index < -0.39 is 0 Å². The molecule has 0 bridgehead atoms. The number of halogens is 1. The van der Waals surface area contributed by atoms with E-state index in [1.165, 1.54) is 10.8 Å². The summed E-state index contributed by atoms with van der Waals surface area (Å²) in [6, 6.07) is 19.9. The quantitative estimate of drug-likeness (QED) is 0.625. The fourth-order valence-corrected chi connectivity index (χ4v) is 2.61. The van der Waals surface area contributed by atoms with Crippen LogP contribution in [0.15, 0.2) is 65.1 Å². The lowest BCUT2D eigenvalue weighted by Crippen LogP contribution is -1.98. The molecule has 3 aromatic rings. The van der Waals surface area contributed by atoms with E-state index in [1.807, 2.05) is 24.3 Å². The Kier molecular flexibility index (Phi) is 4.02. The predicted octanol–water partition coefficient (Wildman–Crippen LogP) is 4.99. The van der Waals surface area contributed by atoms with Gasteiger partial charge in [0.25, 0.3) is 0 Å². The van der Waals surface area contributed by atoms with E-state index in [0.29, 0.717) is 17.9 Å². The minimum Gasteiger partial charge on any atom is -0.488 e. The third kappa shape index (κ3) is 3.14. The molecule has 0 saturated carbocycles. The van der Waals surface area contributed by atoms with Crippen LogP contribution in [0.4, 0.5) is 0 Å². The first kappa shape index (κ1) is 13.8. The number of hydrogen-bond acceptors (Lipinski definition) is 2. The highest BCUT2D eigenvalue weighted by molar-refractivity contribution is 9.10. The summed E-state index contributed by atoms with van der Waals surface area (Å²) in [5.41, 5.74) is 1.62. The first-order chi connectivity index (χ1) is 10.3. The topological polar surface area (TPSA) is 26.3 Å². The zero-order valence-corrected chi connectivity index (χ0v) is 12.8. The van der Waals surface area contributed by atoms with E-state index in [4.69, 9.17) is 4.74 Å². The molecular weight excluding hydrogens is 328 g/mol. The fraction of sp³-hybridized carbons (Fsp3) is 0.0556. The van der Waals surface area contributed by atoms with Crippen molar-refractivity contribution in [2.75, 3.05) is 0 Å². The average Bonchev–Trinajstić information content (AvgIpc) is 2.53. The van der Waals surface area contributed by atoms with E-state index in [2.05, 4.69) is 40.2 Å². The molecule has 21 heavy (non-hydrogen) atoms. The summed E-state index contributed by atoms with van der Waals surface area (Å²) in [6.07, 6.45) is 0.806. The molecule has 2 nitrogen and oxygen atoms in total. The maximum atomic E-state index is 11.1. The summed E-state index contributed by atoms with van der Waals surface area (Å²) < 4.78 is 6.63. The smallest absolute Gasteiger partial charge is 0.153 e. The number of carbonyl (C=O) groups is 1. The summed E-state index contributed by atoms with van der Waals surface area (Å²) in [6.45, 7) is 0.438. The molecule has 0 saturated heterocycles. The van der Waals surface area contributed by atoms with Crippen molar-refractivity contribution in [3.63, 3.8) is 0 Å². The van der Waals surface area contributed by atoms with Crippen LogP contribution in [0, 0.1) is 0 Å². The van der Waals surface area contributed by atoms with Gasteiger partial charge in [-0.05, 0) is 40.6 Å².